The zero-order valence-corrected chi connectivity index (χ0v) is 18.0. The minimum atomic E-state index is -0.527. The van der Waals surface area contributed by atoms with Crippen molar-refractivity contribution in [1.29, 1.82) is 0 Å². The summed E-state index contributed by atoms with van der Waals surface area (Å²) in [6.07, 6.45) is 0. The van der Waals surface area contributed by atoms with Crippen molar-refractivity contribution in [2.75, 3.05) is 53.5 Å². The molecule has 0 aromatic heterocycles. The first-order valence-electron chi connectivity index (χ1n) is 10.1. The highest BCUT2D eigenvalue weighted by Gasteiger charge is 2.32. The van der Waals surface area contributed by atoms with Crippen LogP contribution in [-0.4, -0.2) is 74.4 Å². The number of nitrogens with zero attached hydrogens (tertiary/aromatic N) is 2. The molecule has 2 heterocycles. The summed E-state index contributed by atoms with van der Waals surface area (Å²) in [5, 5.41) is 14.0. The van der Waals surface area contributed by atoms with Crippen LogP contribution in [0.25, 0.3) is 11.1 Å². The van der Waals surface area contributed by atoms with Gasteiger partial charge in [0.05, 0.1) is 16.6 Å². The van der Waals surface area contributed by atoms with Crippen molar-refractivity contribution in [3.05, 3.63) is 40.7 Å². The van der Waals surface area contributed by atoms with Crippen LogP contribution in [-0.2, 0) is 6.54 Å². The van der Waals surface area contributed by atoms with Gasteiger partial charge in [-0.15, -0.1) is 0 Å². The van der Waals surface area contributed by atoms with Crippen molar-refractivity contribution in [3.8, 4) is 28.4 Å². The molecule has 2 aliphatic heterocycles. The molecule has 2 aliphatic rings. The summed E-state index contributed by atoms with van der Waals surface area (Å²) < 4.78 is 27.8. The van der Waals surface area contributed by atoms with Crippen LogP contribution in [0.4, 0.5) is 4.39 Å². The third kappa shape index (κ3) is 4.21. The molecule has 1 fully saturated rings. The molecule has 1 unspecified atom stereocenters. The van der Waals surface area contributed by atoms with Crippen molar-refractivity contribution < 1.29 is 19.0 Å². The Morgan fingerprint density at radius 1 is 1.40 bits per heavy atom. The number of piperazine rings is 1. The molecule has 162 valence electrons. The maximum Gasteiger partial charge on any atom is 0.173 e. The number of aromatic hydroxyl groups is 1. The van der Waals surface area contributed by atoms with Crippen molar-refractivity contribution in [2.45, 2.75) is 12.6 Å². The molecule has 30 heavy (non-hydrogen) atoms. The third-order valence-corrected chi connectivity index (χ3v) is 5.91. The predicted molar refractivity (Wildman–Crippen MR) is 115 cm³/mol. The van der Waals surface area contributed by atoms with Gasteiger partial charge in [0, 0.05) is 43.9 Å². The Hall–Kier alpha value is -2.06. The monoisotopic (exact) mass is 435 g/mol. The molecule has 1 saturated heterocycles. The summed E-state index contributed by atoms with van der Waals surface area (Å²) in [7, 11) is 3.94. The Labute approximate surface area is 181 Å². The maximum absolute atomic E-state index is 15.7. The van der Waals surface area contributed by atoms with Crippen LogP contribution in [0.1, 0.15) is 5.56 Å². The Balaban J connectivity index is 1.81. The van der Waals surface area contributed by atoms with E-state index in [9.17, 15) is 5.11 Å². The lowest BCUT2D eigenvalue weighted by molar-refractivity contribution is 0.118. The molecule has 1 atom stereocenters. The number of hydrogen-bond acceptors (Lipinski definition) is 6. The van der Waals surface area contributed by atoms with E-state index in [1.165, 1.54) is 6.07 Å². The number of halogens is 2. The predicted octanol–water partition coefficient (Wildman–Crippen LogP) is 2.96. The quantitative estimate of drug-likeness (QED) is 0.753. The van der Waals surface area contributed by atoms with Gasteiger partial charge in [0.2, 0.25) is 0 Å². The SMILES string of the molecule is CN(C)CCOc1cc(-c2c(O)cccc2Cl)c(F)c2c1CN1CCNCC1CO2. The van der Waals surface area contributed by atoms with Gasteiger partial charge >= 0.3 is 0 Å². The Morgan fingerprint density at radius 3 is 3.00 bits per heavy atom. The van der Waals surface area contributed by atoms with Crippen LogP contribution in [0.2, 0.25) is 5.02 Å². The molecule has 2 aromatic rings. The number of hydrogen-bond donors (Lipinski definition) is 2. The lowest BCUT2D eigenvalue weighted by atomic mass is 9.99. The average Bonchev–Trinajstić information content (AvgIpc) is 2.90. The zero-order valence-electron chi connectivity index (χ0n) is 17.3. The van der Waals surface area contributed by atoms with Gasteiger partial charge in [0.15, 0.2) is 11.6 Å². The molecule has 2 aromatic carbocycles. The Morgan fingerprint density at radius 2 is 2.23 bits per heavy atom. The molecule has 6 nitrogen and oxygen atoms in total. The second-order valence-corrected chi connectivity index (χ2v) is 8.38. The second kappa shape index (κ2) is 8.98. The summed E-state index contributed by atoms with van der Waals surface area (Å²) in [4.78, 5) is 4.32. The molecule has 0 radical (unpaired) electrons. The normalized spacial score (nSPS) is 19.0. The maximum atomic E-state index is 15.7. The molecule has 0 bridgehead atoms. The molecule has 4 rings (SSSR count). The van der Waals surface area contributed by atoms with E-state index < -0.39 is 5.82 Å². The Kier molecular flexibility index (Phi) is 6.34. The molecule has 0 aliphatic carbocycles. The van der Waals surface area contributed by atoms with Crippen LogP contribution in [0.15, 0.2) is 24.3 Å². The van der Waals surface area contributed by atoms with E-state index in [1.54, 1.807) is 18.2 Å². The number of ether oxygens (including phenoxy) is 2. The van der Waals surface area contributed by atoms with Gasteiger partial charge < -0.3 is 24.8 Å². The lowest BCUT2D eigenvalue weighted by Crippen LogP contribution is -2.52. The van der Waals surface area contributed by atoms with Gasteiger partial charge in [0.1, 0.15) is 24.7 Å². The van der Waals surface area contributed by atoms with Gasteiger partial charge in [-0.05, 0) is 32.3 Å². The van der Waals surface area contributed by atoms with E-state index in [0.29, 0.717) is 31.1 Å². The number of benzene rings is 2. The van der Waals surface area contributed by atoms with Crippen LogP contribution in [0, 0.1) is 5.82 Å². The van der Waals surface area contributed by atoms with Crippen molar-refractivity contribution in [1.82, 2.24) is 15.1 Å². The highest BCUT2D eigenvalue weighted by Crippen LogP contribution is 2.45. The first-order chi connectivity index (χ1) is 14.5. The number of phenols is 1. The van der Waals surface area contributed by atoms with Crippen molar-refractivity contribution in [3.63, 3.8) is 0 Å². The second-order valence-electron chi connectivity index (χ2n) is 7.97. The van der Waals surface area contributed by atoms with E-state index in [4.69, 9.17) is 21.1 Å². The Bertz CT molecular complexity index is 905. The lowest BCUT2D eigenvalue weighted by Gasteiger charge is -2.33. The summed E-state index contributed by atoms with van der Waals surface area (Å²) in [5.41, 5.74) is 1.12. The first kappa shape index (κ1) is 21.2. The minimum absolute atomic E-state index is 0.0872. The van der Waals surface area contributed by atoms with E-state index in [0.717, 1.165) is 26.2 Å². The van der Waals surface area contributed by atoms with E-state index in [-0.39, 0.29) is 33.7 Å². The van der Waals surface area contributed by atoms with E-state index in [2.05, 4.69) is 10.2 Å². The highest BCUT2D eigenvalue weighted by molar-refractivity contribution is 6.33. The molecule has 8 heteroatoms. The van der Waals surface area contributed by atoms with Crippen molar-refractivity contribution >= 4 is 11.6 Å². The van der Waals surface area contributed by atoms with Gasteiger partial charge in [-0.2, -0.15) is 0 Å². The number of nitrogens with one attached hydrogen (secondary N) is 1. The van der Waals surface area contributed by atoms with Crippen LogP contribution >= 0.6 is 11.6 Å². The fourth-order valence-corrected chi connectivity index (χ4v) is 4.21. The summed E-state index contributed by atoms with van der Waals surface area (Å²) in [5.74, 6) is 0.125. The fraction of sp³-hybridized carbons (Fsp3) is 0.455. The number of phenolic OH excluding ortho intramolecular Hbond substituents is 1. The third-order valence-electron chi connectivity index (χ3n) is 5.59. The van der Waals surface area contributed by atoms with Crippen LogP contribution in [0.3, 0.4) is 0 Å². The summed E-state index contributed by atoms with van der Waals surface area (Å²) in [6.45, 7) is 4.64. The zero-order chi connectivity index (χ0) is 21.3. The summed E-state index contributed by atoms with van der Waals surface area (Å²) in [6, 6.07) is 6.54. The van der Waals surface area contributed by atoms with E-state index >= 15 is 4.39 Å². The topological polar surface area (TPSA) is 57.2 Å². The molecule has 0 saturated carbocycles. The summed E-state index contributed by atoms with van der Waals surface area (Å²) >= 11 is 6.32. The first-order valence-corrected chi connectivity index (χ1v) is 10.5. The largest absolute Gasteiger partial charge is 0.507 e. The fourth-order valence-electron chi connectivity index (χ4n) is 3.93. The van der Waals surface area contributed by atoms with Crippen molar-refractivity contribution in [2.24, 2.45) is 0 Å². The molecule has 2 N–H and O–H groups in total. The number of rotatable bonds is 5. The minimum Gasteiger partial charge on any atom is -0.507 e. The highest BCUT2D eigenvalue weighted by atomic mass is 35.5. The van der Waals surface area contributed by atoms with Crippen LogP contribution < -0.4 is 14.8 Å². The molecule has 0 amide bonds. The van der Waals surface area contributed by atoms with E-state index in [1.807, 2.05) is 19.0 Å². The average molecular weight is 436 g/mol. The smallest absolute Gasteiger partial charge is 0.173 e. The number of fused-ring (bicyclic) bond motifs is 2. The molecular weight excluding hydrogens is 409 g/mol. The molecule has 0 spiro atoms. The van der Waals surface area contributed by atoms with Gasteiger partial charge in [-0.3, -0.25) is 4.90 Å². The van der Waals surface area contributed by atoms with Crippen LogP contribution in [0.5, 0.6) is 17.2 Å². The molecular formula is C22H27ClFN3O3. The van der Waals surface area contributed by atoms with Gasteiger partial charge in [-0.1, -0.05) is 17.7 Å². The standard InChI is InChI=1S/C22H27ClFN3O3/c1-26(2)8-9-29-19-10-15(20-17(23)4-3-5-18(20)28)21(24)22-16(19)12-27-7-6-25-11-14(27)13-30-22/h3-5,10,14,25,28H,6-9,11-13H2,1-2H3. The van der Waals surface area contributed by atoms with Gasteiger partial charge in [-0.25, -0.2) is 4.39 Å². The van der Waals surface area contributed by atoms with Gasteiger partial charge in [0.25, 0.3) is 0 Å². The number of likely N-dealkylation sites (N-methyl/N-ethyl adjacent to an activating group) is 1.